The zero-order valence-corrected chi connectivity index (χ0v) is 16.0. The predicted molar refractivity (Wildman–Crippen MR) is 109 cm³/mol. The molecule has 0 amide bonds. The average Bonchev–Trinajstić information content (AvgIpc) is 3.17. The van der Waals surface area contributed by atoms with E-state index in [2.05, 4.69) is 27.2 Å². The smallest absolute Gasteiger partial charge is 0.360 e. The van der Waals surface area contributed by atoms with Gasteiger partial charge in [-0.2, -0.15) is 0 Å². The van der Waals surface area contributed by atoms with Gasteiger partial charge in [0.25, 0.3) is 0 Å². The first-order valence-electron chi connectivity index (χ1n) is 9.36. The van der Waals surface area contributed by atoms with Gasteiger partial charge >= 0.3 is 5.97 Å². The molecule has 0 atom stereocenters. The molecule has 1 aliphatic heterocycles. The van der Waals surface area contributed by atoms with E-state index >= 15 is 0 Å². The summed E-state index contributed by atoms with van der Waals surface area (Å²) in [6.07, 6.45) is 0. The molecule has 2 heterocycles. The minimum absolute atomic E-state index is 0.00797. The van der Waals surface area contributed by atoms with Gasteiger partial charge in [-0.15, -0.1) is 15.0 Å². The SMILES string of the molecule is Cc1ccc(-n2nc(C(=O)O)c(N3CCN(c4ccccc4)CC3)n2)cc1C. The van der Waals surface area contributed by atoms with Crippen LogP contribution in [0.4, 0.5) is 11.5 Å². The molecule has 144 valence electrons. The molecule has 28 heavy (non-hydrogen) atoms. The highest BCUT2D eigenvalue weighted by atomic mass is 16.4. The Labute approximate surface area is 163 Å². The fourth-order valence-electron chi connectivity index (χ4n) is 3.43. The van der Waals surface area contributed by atoms with Crippen molar-refractivity contribution in [3.05, 3.63) is 65.4 Å². The fourth-order valence-corrected chi connectivity index (χ4v) is 3.43. The first-order chi connectivity index (χ1) is 13.5. The number of benzene rings is 2. The molecule has 1 aromatic heterocycles. The fraction of sp³-hybridized carbons (Fsp3) is 0.286. The van der Waals surface area contributed by atoms with E-state index in [-0.39, 0.29) is 5.69 Å². The highest BCUT2D eigenvalue weighted by molar-refractivity contribution is 5.91. The zero-order chi connectivity index (χ0) is 19.7. The minimum Gasteiger partial charge on any atom is -0.476 e. The van der Waals surface area contributed by atoms with Crippen LogP contribution in [-0.2, 0) is 0 Å². The summed E-state index contributed by atoms with van der Waals surface area (Å²) < 4.78 is 0. The molecule has 0 spiro atoms. The molecule has 1 aliphatic rings. The van der Waals surface area contributed by atoms with Crippen molar-refractivity contribution in [3.63, 3.8) is 0 Å². The summed E-state index contributed by atoms with van der Waals surface area (Å²) in [6, 6.07) is 16.1. The van der Waals surface area contributed by atoms with Gasteiger partial charge in [-0.05, 0) is 49.2 Å². The molecule has 7 heteroatoms. The van der Waals surface area contributed by atoms with Gasteiger partial charge < -0.3 is 14.9 Å². The normalized spacial score (nSPS) is 14.4. The van der Waals surface area contributed by atoms with E-state index in [4.69, 9.17) is 0 Å². The summed E-state index contributed by atoms with van der Waals surface area (Å²) >= 11 is 0. The van der Waals surface area contributed by atoms with Crippen LogP contribution in [0.25, 0.3) is 5.69 Å². The maximum absolute atomic E-state index is 11.8. The van der Waals surface area contributed by atoms with Crippen molar-refractivity contribution in [2.24, 2.45) is 0 Å². The maximum atomic E-state index is 11.8. The molecule has 1 N–H and O–H groups in total. The van der Waals surface area contributed by atoms with Crippen LogP contribution in [0.3, 0.4) is 0 Å². The molecule has 0 aliphatic carbocycles. The summed E-state index contributed by atoms with van der Waals surface area (Å²) in [6.45, 7) is 7.06. The predicted octanol–water partition coefficient (Wildman–Crippen LogP) is 2.91. The average molecular weight is 377 g/mol. The number of nitrogens with zero attached hydrogens (tertiary/aromatic N) is 5. The van der Waals surface area contributed by atoms with Crippen LogP contribution < -0.4 is 9.80 Å². The van der Waals surface area contributed by atoms with E-state index in [0.29, 0.717) is 18.9 Å². The van der Waals surface area contributed by atoms with E-state index < -0.39 is 5.97 Å². The Balaban J connectivity index is 1.58. The van der Waals surface area contributed by atoms with Crippen LogP contribution in [0.15, 0.2) is 48.5 Å². The summed E-state index contributed by atoms with van der Waals surface area (Å²) in [5.41, 5.74) is 4.22. The summed E-state index contributed by atoms with van der Waals surface area (Å²) in [4.78, 5) is 17.5. The standard InChI is InChI=1S/C21H23N5O2/c1-15-8-9-18(14-16(15)2)26-22-19(21(27)28)20(23-26)25-12-10-24(11-13-25)17-6-4-3-5-7-17/h3-9,14H,10-13H2,1-2H3,(H,27,28). The Morgan fingerprint density at radius 1 is 0.857 bits per heavy atom. The lowest BCUT2D eigenvalue weighted by molar-refractivity contribution is 0.0690. The molecular weight excluding hydrogens is 354 g/mol. The Morgan fingerprint density at radius 2 is 1.54 bits per heavy atom. The first kappa shape index (κ1) is 18.0. The quantitative estimate of drug-likeness (QED) is 0.754. The van der Waals surface area contributed by atoms with Crippen molar-refractivity contribution < 1.29 is 9.90 Å². The third kappa shape index (κ3) is 3.43. The van der Waals surface area contributed by atoms with Crippen LogP contribution in [0.5, 0.6) is 0 Å². The van der Waals surface area contributed by atoms with Gasteiger partial charge in [-0.25, -0.2) is 4.79 Å². The van der Waals surface area contributed by atoms with E-state index in [1.165, 1.54) is 16.0 Å². The molecule has 0 bridgehead atoms. The number of hydrogen-bond acceptors (Lipinski definition) is 5. The largest absolute Gasteiger partial charge is 0.476 e. The van der Waals surface area contributed by atoms with Gasteiger partial charge in [-0.1, -0.05) is 24.3 Å². The molecule has 0 radical (unpaired) electrons. The molecule has 1 saturated heterocycles. The second-order valence-electron chi connectivity index (χ2n) is 7.05. The Bertz CT molecular complexity index is 991. The molecule has 2 aromatic carbocycles. The van der Waals surface area contributed by atoms with Crippen molar-refractivity contribution in [3.8, 4) is 5.69 Å². The molecule has 4 rings (SSSR count). The lowest BCUT2D eigenvalue weighted by atomic mass is 10.1. The number of carbonyl (C=O) groups is 1. The van der Waals surface area contributed by atoms with Gasteiger partial charge in [0.2, 0.25) is 5.69 Å². The third-order valence-electron chi connectivity index (χ3n) is 5.22. The van der Waals surface area contributed by atoms with Crippen LogP contribution in [0.2, 0.25) is 0 Å². The number of aryl methyl sites for hydroxylation is 2. The first-order valence-corrected chi connectivity index (χ1v) is 9.36. The molecule has 3 aromatic rings. The topological polar surface area (TPSA) is 74.5 Å². The van der Waals surface area contributed by atoms with Crippen LogP contribution in [-0.4, -0.2) is 52.2 Å². The number of aromatic carboxylic acids is 1. The lowest BCUT2D eigenvalue weighted by Gasteiger charge is -2.36. The molecule has 1 fully saturated rings. The van der Waals surface area contributed by atoms with Crippen LogP contribution >= 0.6 is 0 Å². The highest BCUT2D eigenvalue weighted by Crippen LogP contribution is 2.23. The number of rotatable bonds is 4. The minimum atomic E-state index is -1.06. The maximum Gasteiger partial charge on any atom is 0.360 e. The van der Waals surface area contributed by atoms with Crippen molar-refractivity contribution in [2.45, 2.75) is 13.8 Å². The second kappa shape index (κ2) is 7.34. The number of anilines is 2. The summed E-state index contributed by atoms with van der Waals surface area (Å²) in [7, 11) is 0. The number of para-hydroxylation sites is 1. The molecular formula is C21H23N5O2. The van der Waals surface area contributed by atoms with Crippen molar-refractivity contribution in [2.75, 3.05) is 36.0 Å². The number of carboxylic acids is 1. The Kier molecular flexibility index (Phi) is 4.73. The summed E-state index contributed by atoms with van der Waals surface area (Å²) in [5, 5.41) is 18.4. The number of aromatic nitrogens is 3. The lowest BCUT2D eigenvalue weighted by Crippen LogP contribution is -2.47. The van der Waals surface area contributed by atoms with E-state index in [9.17, 15) is 9.90 Å². The number of piperazine rings is 1. The number of hydrogen-bond donors (Lipinski definition) is 1. The molecule has 7 nitrogen and oxygen atoms in total. The van der Waals surface area contributed by atoms with Crippen molar-refractivity contribution in [1.29, 1.82) is 0 Å². The van der Waals surface area contributed by atoms with Gasteiger partial charge in [-0.3, -0.25) is 0 Å². The van der Waals surface area contributed by atoms with Gasteiger partial charge in [0.15, 0.2) is 5.82 Å². The Hall–Kier alpha value is -3.35. The number of carboxylic acid groups (broad SMARTS) is 1. The van der Waals surface area contributed by atoms with Gasteiger partial charge in [0, 0.05) is 31.9 Å². The van der Waals surface area contributed by atoms with Gasteiger partial charge in [0.1, 0.15) is 0 Å². The molecule has 0 saturated carbocycles. The van der Waals surface area contributed by atoms with E-state index in [0.717, 1.165) is 24.3 Å². The monoisotopic (exact) mass is 377 g/mol. The van der Waals surface area contributed by atoms with Gasteiger partial charge in [0.05, 0.1) is 5.69 Å². The van der Waals surface area contributed by atoms with E-state index in [1.54, 1.807) is 0 Å². The van der Waals surface area contributed by atoms with Crippen LogP contribution in [0, 0.1) is 13.8 Å². The summed E-state index contributed by atoms with van der Waals surface area (Å²) in [5.74, 6) is -0.631. The molecule has 0 unspecified atom stereocenters. The van der Waals surface area contributed by atoms with Crippen molar-refractivity contribution >= 4 is 17.5 Å². The van der Waals surface area contributed by atoms with Crippen LogP contribution in [0.1, 0.15) is 21.6 Å². The van der Waals surface area contributed by atoms with Crippen molar-refractivity contribution in [1.82, 2.24) is 15.0 Å². The highest BCUT2D eigenvalue weighted by Gasteiger charge is 2.26. The Morgan fingerprint density at radius 3 is 2.18 bits per heavy atom. The van der Waals surface area contributed by atoms with E-state index in [1.807, 2.05) is 55.1 Å². The zero-order valence-electron chi connectivity index (χ0n) is 16.0. The third-order valence-corrected chi connectivity index (χ3v) is 5.22. The second-order valence-corrected chi connectivity index (χ2v) is 7.05.